The Morgan fingerprint density at radius 2 is 1.86 bits per heavy atom. The van der Waals surface area contributed by atoms with E-state index in [9.17, 15) is 4.79 Å². The molecule has 1 aromatic rings. The molecular weight excluding hydrogens is 343 g/mol. The highest BCUT2D eigenvalue weighted by Crippen LogP contribution is 2.45. The van der Waals surface area contributed by atoms with Gasteiger partial charge in [-0.05, 0) is 56.5 Å². The van der Waals surface area contributed by atoms with Gasteiger partial charge in [-0.2, -0.15) is 0 Å². The average Bonchev–Trinajstić information content (AvgIpc) is 2.42. The average molecular weight is 364 g/mol. The first-order valence-corrected chi connectivity index (χ1v) is 8.35. The van der Waals surface area contributed by atoms with Crippen molar-refractivity contribution in [3.05, 3.63) is 33.8 Å². The maximum Gasteiger partial charge on any atom is 0.230 e. The molecule has 2 N–H and O–H groups in total. The fourth-order valence-electron chi connectivity index (χ4n) is 3.26. The molecule has 22 heavy (non-hydrogen) atoms. The van der Waals surface area contributed by atoms with E-state index in [0.29, 0.717) is 16.1 Å². The maximum absolute atomic E-state index is 12.8. The normalized spacial score (nSPS) is 20.6. The van der Waals surface area contributed by atoms with E-state index in [1.54, 1.807) is 6.07 Å². The van der Waals surface area contributed by atoms with Crippen molar-refractivity contribution in [3.8, 4) is 0 Å². The van der Waals surface area contributed by atoms with Crippen LogP contribution in [0.1, 0.15) is 37.7 Å². The van der Waals surface area contributed by atoms with E-state index in [2.05, 4.69) is 10.6 Å². The number of hydrogen-bond donors (Lipinski definition) is 2. The van der Waals surface area contributed by atoms with Crippen LogP contribution in [0.5, 0.6) is 0 Å². The number of benzene rings is 1. The molecule has 0 aromatic heterocycles. The van der Waals surface area contributed by atoms with Gasteiger partial charge in [0.15, 0.2) is 0 Å². The largest absolute Gasteiger partial charge is 0.353 e. The summed E-state index contributed by atoms with van der Waals surface area (Å²) in [5.74, 6) is 0.152. The van der Waals surface area contributed by atoms with Crippen LogP contribution in [0.15, 0.2) is 18.2 Å². The van der Waals surface area contributed by atoms with Gasteiger partial charge in [0.25, 0.3) is 0 Å². The van der Waals surface area contributed by atoms with Crippen LogP contribution in [0.4, 0.5) is 0 Å². The number of halogens is 3. The molecule has 1 saturated carbocycles. The van der Waals surface area contributed by atoms with Crippen molar-refractivity contribution in [3.63, 3.8) is 0 Å². The van der Waals surface area contributed by atoms with Gasteiger partial charge >= 0.3 is 0 Å². The summed E-state index contributed by atoms with van der Waals surface area (Å²) in [6, 6.07) is 5.87. The molecule has 0 spiro atoms. The van der Waals surface area contributed by atoms with Gasteiger partial charge in [-0.25, -0.2) is 0 Å². The molecule has 2 fully saturated rings. The third-order valence-corrected chi connectivity index (χ3v) is 5.53. The van der Waals surface area contributed by atoms with E-state index in [1.807, 2.05) is 12.1 Å². The lowest BCUT2D eigenvalue weighted by Gasteiger charge is -2.42. The molecule has 122 valence electrons. The van der Waals surface area contributed by atoms with Crippen LogP contribution in [0.2, 0.25) is 10.0 Å². The van der Waals surface area contributed by atoms with E-state index in [4.69, 9.17) is 23.2 Å². The molecule has 0 atom stereocenters. The molecule has 1 aliphatic heterocycles. The maximum atomic E-state index is 12.8. The molecule has 1 aromatic carbocycles. The van der Waals surface area contributed by atoms with Crippen molar-refractivity contribution in [2.45, 2.75) is 43.6 Å². The van der Waals surface area contributed by atoms with E-state index in [-0.39, 0.29) is 18.3 Å². The van der Waals surface area contributed by atoms with Crippen LogP contribution in [-0.2, 0) is 10.2 Å². The fraction of sp³-hybridized carbons (Fsp3) is 0.562. The highest BCUT2D eigenvalue weighted by atomic mass is 35.5. The second-order valence-electron chi connectivity index (χ2n) is 6.06. The Balaban J connectivity index is 0.00000176. The molecule has 0 radical (unpaired) electrons. The lowest BCUT2D eigenvalue weighted by molar-refractivity contribution is -0.130. The number of nitrogens with one attached hydrogen (secondary N) is 2. The molecule has 0 unspecified atom stereocenters. The number of piperidine rings is 1. The third kappa shape index (κ3) is 3.38. The highest BCUT2D eigenvalue weighted by Gasteiger charge is 2.46. The quantitative estimate of drug-likeness (QED) is 0.859. The highest BCUT2D eigenvalue weighted by molar-refractivity contribution is 6.42. The summed E-state index contributed by atoms with van der Waals surface area (Å²) in [5, 5.41) is 7.61. The van der Waals surface area contributed by atoms with Gasteiger partial charge in [0.2, 0.25) is 5.91 Å². The Morgan fingerprint density at radius 3 is 2.41 bits per heavy atom. The zero-order chi connectivity index (χ0) is 14.9. The summed E-state index contributed by atoms with van der Waals surface area (Å²) in [6.45, 7) is 1.95. The number of amides is 1. The van der Waals surface area contributed by atoms with Crippen LogP contribution in [0.25, 0.3) is 0 Å². The molecule has 1 heterocycles. The molecule has 1 aliphatic carbocycles. The second kappa shape index (κ2) is 7.39. The Labute approximate surface area is 147 Å². The van der Waals surface area contributed by atoms with Gasteiger partial charge in [0, 0.05) is 6.04 Å². The number of rotatable bonds is 3. The van der Waals surface area contributed by atoms with Gasteiger partial charge in [-0.15, -0.1) is 12.4 Å². The zero-order valence-corrected chi connectivity index (χ0v) is 14.7. The lowest BCUT2D eigenvalue weighted by Crippen LogP contribution is -2.53. The van der Waals surface area contributed by atoms with Crippen LogP contribution in [-0.4, -0.2) is 25.0 Å². The van der Waals surface area contributed by atoms with Crippen molar-refractivity contribution >= 4 is 41.5 Å². The SMILES string of the molecule is Cl.O=C(NC1CCNCC1)C1(c2ccc(Cl)c(Cl)c2)CCC1. The van der Waals surface area contributed by atoms with Crippen LogP contribution in [0, 0.1) is 0 Å². The van der Waals surface area contributed by atoms with Crippen molar-refractivity contribution in [1.82, 2.24) is 10.6 Å². The third-order valence-electron chi connectivity index (χ3n) is 4.79. The van der Waals surface area contributed by atoms with E-state index in [1.165, 1.54) is 0 Å². The van der Waals surface area contributed by atoms with Gasteiger partial charge in [-0.3, -0.25) is 4.79 Å². The van der Waals surface area contributed by atoms with Crippen LogP contribution >= 0.6 is 35.6 Å². The van der Waals surface area contributed by atoms with Crippen molar-refractivity contribution in [2.24, 2.45) is 0 Å². The van der Waals surface area contributed by atoms with Gasteiger partial charge < -0.3 is 10.6 Å². The number of carbonyl (C=O) groups excluding carboxylic acids is 1. The molecule has 6 heteroatoms. The minimum Gasteiger partial charge on any atom is -0.353 e. The predicted molar refractivity (Wildman–Crippen MR) is 93.3 cm³/mol. The standard InChI is InChI=1S/C16H20Cl2N2O.ClH/c17-13-3-2-11(10-14(13)18)16(6-1-7-16)15(21)20-12-4-8-19-9-5-12;/h2-3,10,12,19H,1,4-9H2,(H,20,21);1H. The minimum absolute atomic E-state index is 0. The molecule has 3 rings (SSSR count). The molecule has 1 amide bonds. The summed E-state index contributed by atoms with van der Waals surface area (Å²) < 4.78 is 0. The summed E-state index contributed by atoms with van der Waals surface area (Å²) in [5.41, 5.74) is 0.591. The Hall–Kier alpha value is -0.480. The van der Waals surface area contributed by atoms with Gasteiger partial charge in [0.1, 0.15) is 0 Å². The molecule has 0 bridgehead atoms. The molecule has 2 aliphatic rings. The topological polar surface area (TPSA) is 41.1 Å². The molecular formula is C16H21Cl3N2O. The van der Waals surface area contributed by atoms with Crippen molar-refractivity contribution in [1.29, 1.82) is 0 Å². The Kier molecular flexibility index (Phi) is 6.00. The summed E-state index contributed by atoms with van der Waals surface area (Å²) in [7, 11) is 0. The predicted octanol–water partition coefficient (Wildman–Crippen LogP) is 3.71. The van der Waals surface area contributed by atoms with Gasteiger partial charge in [-0.1, -0.05) is 35.7 Å². The second-order valence-corrected chi connectivity index (χ2v) is 6.88. The number of carbonyl (C=O) groups is 1. The Morgan fingerprint density at radius 1 is 1.18 bits per heavy atom. The minimum atomic E-state index is -0.404. The van der Waals surface area contributed by atoms with Crippen LogP contribution < -0.4 is 10.6 Å². The zero-order valence-electron chi connectivity index (χ0n) is 12.3. The monoisotopic (exact) mass is 362 g/mol. The first kappa shape index (κ1) is 17.9. The molecule has 3 nitrogen and oxygen atoms in total. The van der Waals surface area contributed by atoms with Crippen molar-refractivity contribution in [2.75, 3.05) is 13.1 Å². The van der Waals surface area contributed by atoms with E-state index < -0.39 is 5.41 Å². The lowest BCUT2D eigenvalue weighted by atomic mass is 9.63. The van der Waals surface area contributed by atoms with Crippen LogP contribution in [0.3, 0.4) is 0 Å². The Bertz CT molecular complexity index is 540. The van der Waals surface area contributed by atoms with E-state index in [0.717, 1.165) is 50.8 Å². The number of hydrogen-bond acceptors (Lipinski definition) is 2. The first-order valence-electron chi connectivity index (χ1n) is 7.59. The van der Waals surface area contributed by atoms with Gasteiger partial charge in [0.05, 0.1) is 15.5 Å². The fourth-order valence-corrected chi connectivity index (χ4v) is 3.56. The smallest absolute Gasteiger partial charge is 0.230 e. The van der Waals surface area contributed by atoms with Crippen molar-refractivity contribution < 1.29 is 4.79 Å². The summed E-state index contributed by atoms with van der Waals surface area (Å²) in [6.07, 6.45) is 4.87. The first-order chi connectivity index (χ1) is 10.1. The molecule has 1 saturated heterocycles. The van der Waals surface area contributed by atoms with E-state index >= 15 is 0 Å². The summed E-state index contributed by atoms with van der Waals surface area (Å²) >= 11 is 12.1. The summed E-state index contributed by atoms with van der Waals surface area (Å²) in [4.78, 5) is 12.8.